The Morgan fingerprint density at radius 2 is 1.95 bits per heavy atom. The maximum atomic E-state index is 11.4. The second-order valence-corrected chi connectivity index (χ2v) is 4.28. The van der Waals surface area contributed by atoms with E-state index in [1.54, 1.807) is 12.1 Å². The molecule has 6 nitrogen and oxygen atoms in total. The molecule has 0 radical (unpaired) electrons. The van der Waals surface area contributed by atoms with E-state index in [1.165, 1.54) is 20.4 Å². The summed E-state index contributed by atoms with van der Waals surface area (Å²) in [6.07, 6.45) is 3.34. The van der Waals surface area contributed by atoms with Crippen molar-refractivity contribution < 1.29 is 19.4 Å². The number of nitrogens with zero attached hydrogens (tertiary/aromatic N) is 1. The molecule has 1 aliphatic carbocycles. The molecule has 2 N–H and O–H groups in total. The number of carbonyl (C=O) groups is 1. The fraction of sp³-hybridized carbons (Fsp3) is 0.385. The standard InChI is InChI=1S/C13H16N2O4/c1-18-10-5-8(6-11(19-2)12(10)16)7-14-15-13(17)9-3-4-9/h5-7,9,16H,3-4H2,1-2H3,(H,15,17)/b14-7-. The summed E-state index contributed by atoms with van der Waals surface area (Å²) in [5.74, 6) is 0.558. The molecular formula is C13H16N2O4. The number of aromatic hydroxyl groups is 1. The number of rotatable bonds is 5. The fourth-order valence-corrected chi connectivity index (χ4v) is 1.60. The highest BCUT2D eigenvalue weighted by atomic mass is 16.5. The van der Waals surface area contributed by atoms with Crippen LogP contribution in [0.4, 0.5) is 0 Å². The van der Waals surface area contributed by atoms with Gasteiger partial charge in [0.2, 0.25) is 11.7 Å². The first-order chi connectivity index (χ1) is 9.15. The largest absolute Gasteiger partial charge is 0.502 e. The summed E-state index contributed by atoms with van der Waals surface area (Å²) in [6.45, 7) is 0. The summed E-state index contributed by atoms with van der Waals surface area (Å²) in [7, 11) is 2.90. The van der Waals surface area contributed by atoms with Crippen molar-refractivity contribution >= 4 is 12.1 Å². The average Bonchev–Trinajstić information content (AvgIpc) is 3.24. The molecule has 1 aromatic rings. The SMILES string of the molecule is COc1cc(/C=N\NC(=O)C2CC2)cc(OC)c1O. The smallest absolute Gasteiger partial charge is 0.243 e. The van der Waals surface area contributed by atoms with Gasteiger partial charge in [-0.05, 0) is 25.0 Å². The maximum Gasteiger partial charge on any atom is 0.243 e. The average molecular weight is 264 g/mol. The molecule has 0 bridgehead atoms. The van der Waals surface area contributed by atoms with Gasteiger partial charge in [-0.2, -0.15) is 5.10 Å². The first-order valence-corrected chi connectivity index (χ1v) is 5.93. The van der Waals surface area contributed by atoms with Gasteiger partial charge in [-0.25, -0.2) is 5.43 Å². The lowest BCUT2D eigenvalue weighted by Gasteiger charge is -2.09. The predicted octanol–water partition coefficient (Wildman–Crippen LogP) is 1.27. The molecular weight excluding hydrogens is 248 g/mol. The molecule has 1 saturated carbocycles. The highest BCUT2D eigenvalue weighted by molar-refractivity contribution is 5.85. The normalized spacial score (nSPS) is 14.4. The van der Waals surface area contributed by atoms with Crippen molar-refractivity contribution in [3.05, 3.63) is 17.7 Å². The van der Waals surface area contributed by atoms with Crippen LogP contribution in [0.15, 0.2) is 17.2 Å². The Morgan fingerprint density at radius 3 is 2.42 bits per heavy atom. The van der Waals surface area contributed by atoms with Crippen LogP contribution in [0.25, 0.3) is 0 Å². The van der Waals surface area contributed by atoms with Crippen LogP contribution in [0.5, 0.6) is 17.2 Å². The van der Waals surface area contributed by atoms with E-state index < -0.39 is 0 Å². The zero-order valence-electron chi connectivity index (χ0n) is 10.8. The number of nitrogens with one attached hydrogen (secondary N) is 1. The van der Waals surface area contributed by atoms with Crippen LogP contribution >= 0.6 is 0 Å². The van der Waals surface area contributed by atoms with Crippen molar-refractivity contribution in [1.29, 1.82) is 0 Å². The van der Waals surface area contributed by atoms with Crippen molar-refractivity contribution in [2.75, 3.05) is 14.2 Å². The molecule has 2 rings (SSSR count). The molecule has 19 heavy (non-hydrogen) atoms. The highest BCUT2D eigenvalue weighted by Crippen LogP contribution is 2.36. The summed E-state index contributed by atoms with van der Waals surface area (Å²) in [4.78, 5) is 11.4. The van der Waals surface area contributed by atoms with Crippen molar-refractivity contribution in [1.82, 2.24) is 5.43 Å². The van der Waals surface area contributed by atoms with Gasteiger partial charge in [0.25, 0.3) is 0 Å². The third kappa shape index (κ3) is 3.15. The monoisotopic (exact) mass is 264 g/mol. The number of amides is 1. The number of benzene rings is 1. The molecule has 0 aliphatic heterocycles. The van der Waals surface area contributed by atoms with E-state index in [9.17, 15) is 9.90 Å². The zero-order chi connectivity index (χ0) is 13.8. The number of methoxy groups -OCH3 is 2. The predicted molar refractivity (Wildman–Crippen MR) is 69.7 cm³/mol. The molecule has 102 valence electrons. The third-order valence-corrected chi connectivity index (χ3v) is 2.84. The minimum atomic E-state index is -0.0656. The van der Waals surface area contributed by atoms with Gasteiger partial charge in [0.05, 0.1) is 20.4 Å². The summed E-state index contributed by atoms with van der Waals surface area (Å²) in [5.41, 5.74) is 3.12. The van der Waals surface area contributed by atoms with Gasteiger partial charge in [-0.3, -0.25) is 4.79 Å². The van der Waals surface area contributed by atoms with Crippen LogP contribution < -0.4 is 14.9 Å². The van der Waals surface area contributed by atoms with E-state index >= 15 is 0 Å². The Kier molecular flexibility index (Phi) is 3.89. The van der Waals surface area contributed by atoms with E-state index in [0.717, 1.165) is 12.8 Å². The molecule has 1 amide bonds. The fourth-order valence-electron chi connectivity index (χ4n) is 1.60. The first kappa shape index (κ1) is 13.2. The minimum Gasteiger partial charge on any atom is -0.502 e. The molecule has 1 fully saturated rings. The molecule has 6 heteroatoms. The number of phenols is 1. The molecule has 1 aromatic carbocycles. The second kappa shape index (κ2) is 5.60. The van der Waals surface area contributed by atoms with Gasteiger partial charge in [-0.15, -0.1) is 0 Å². The van der Waals surface area contributed by atoms with Gasteiger partial charge in [-0.1, -0.05) is 0 Å². The molecule has 0 saturated heterocycles. The van der Waals surface area contributed by atoms with Crippen molar-refractivity contribution in [3.8, 4) is 17.2 Å². The Balaban J connectivity index is 2.10. The van der Waals surface area contributed by atoms with Crippen molar-refractivity contribution in [2.45, 2.75) is 12.8 Å². The van der Waals surface area contributed by atoms with Gasteiger partial charge in [0.15, 0.2) is 11.5 Å². The summed E-state index contributed by atoms with van der Waals surface area (Å²) < 4.78 is 10.0. The topological polar surface area (TPSA) is 80.2 Å². The third-order valence-electron chi connectivity index (χ3n) is 2.84. The lowest BCUT2D eigenvalue weighted by molar-refractivity contribution is -0.122. The zero-order valence-corrected chi connectivity index (χ0v) is 10.8. The maximum absolute atomic E-state index is 11.4. The van der Waals surface area contributed by atoms with Crippen molar-refractivity contribution in [3.63, 3.8) is 0 Å². The first-order valence-electron chi connectivity index (χ1n) is 5.93. The molecule has 0 heterocycles. The van der Waals surface area contributed by atoms with E-state index in [1.807, 2.05) is 0 Å². The summed E-state index contributed by atoms with van der Waals surface area (Å²) in [6, 6.07) is 3.20. The van der Waals surface area contributed by atoms with Gasteiger partial charge >= 0.3 is 0 Å². The molecule has 0 unspecified atom stereocenters. The van der Waals surface area contributed by atoms with Crippen LogP contribution in [0.3, 0.4) is 0 Å². The van der Waals surface area contributed by atoms with Crippen molar-refractivity contribution in [2.24, 2.45) is 11.0 Å². The molecule has 0 spiro atoms. The van der Waals surface area contributed by atoms with Crippen LogP contribution in [0.2, 0.25) is 0 Å². The van der Waals surface area contributed by atoms with E-state index in [0.29, 0.717) is 5.56 Å². The number of hydrazone groups is 1. The summed E-state index contributed by atoms with van der Waals surface area (Å²) >= 11 is 0. The highest BCUT2D eigenvalue weighted by Gasteiger charge is 2.29. The van der Waals surface area contributed by atoms with E-state index in [2.05, 4.69) is 10.5 Å². The quantitative estimate of drug-likeness (QED) is 0.620. The lowest BCUT2D eigenvalue weighted by Crippen LogP contribution is -2.18. The number of carbonyl (C=O) groups excluding carboxylic acids is 1. The summed E-state index contributed by atoms with van der Waals surface area (Å²) in [5, 5.41) is 13.6. The number of ether oxygens (including phenoxy) is 2. The van der Waals surface area contributed by atoms with Crippen LogP contribution in [0.1, 0.15) is 18.4 Å². The van der Waals surface area contributed by atoms with E-state index in [-0.39, 0.29) is 29.1 Å². The van der Waals surface area contributed by atoms with Gasteiger partial charge < -0.3 is 14.6 Å². The van der Waals surface area contributed by atoms with Crippen LogP contribution in [0, 0.1) is 5.92 Å². The Labute approximate surface area is 111 Å². The minimum absolute atomic E-state index is 0.0611. The Hall–Kier alpha value is -2.24. The van der Waals surface area contributed by atoms with Crippen LogP contribution in [-0.2, 0) is 4.79 Å². The van der Waals surface area contributed by atoms with Gasteiger partial charge in [0, 0.05) is 11.5 Å². The van der Waals surface area contributed by atoms with Crippen LogP contribution in [-0.4, -0.2) is 31.4 Å². The van der Waals surface area contributed by atoms with Gasteiger partial charge in [0.1, 0.15) is 0 Å². The molecule has 1 aliphatic rings. The Bertz CT molecular complexity index is 484. The number of hydrogen-bond acceptors (Lipinski definition) is 5. The van der Waals surface area contributed by atoms with E-state index in [4.69, 9.17) is 9.47 Å². The molecule has 0 aromatic heterocycles. The lowest BCUT2D eigenvalue weighted by atomic mass is 10.2. The molecule has 0 atom stereocenters. The number of phenolic OH excluding ortho intramolecular Hbond substituents is 1. The number of hydrogen-bond donors (Lipinski definition) is 2. The second-order valence-electron chi connectivity index (χ2n) is 4.28. The Morgan fingerprint density at radius 1 is 1.37 bits per heavy atom.